The van der Waals surface area contributed by atoms with Gasteiger partial charge in [-0.05, 0) is 24.6 Å². The van der Waals surface area contributed by atoms with Crippen LogP contribution in [-0.2, 0) is 11.3 Å². The second-order valence-corrected chi connectivity index (χ2v) is 10.4. The molecule has 0 aliphatic carbocycles. The first-order chi connectivity index (χ1) is 8.78. The first-order valence-corrected chi connectivity index (χ1v) is 9.86. The molecule has 0 amide bonds. The third-order valence-corrected chi connectivity index (χ3v) is 3.39. The van der Waals surface area contributed by atoms with E-state index < -0.39 is 20.1 Å². The largest absolute Gasteiger partial charge is 0.480 e. The molecule has 0 aromatic heterocycles. The van der Waals surface area contributed by atoms with Crippen LogP contribution >= 0.6 is 0 Å². The van der Waals surface area contributed by atoms with Gasteiger partial charge >= 0.3 is 5.97 Å². The quantitative estimate of drug-likeness (QED) is 0.655. The zero-order valence-corrected chi connectivity index (χ0v) is 12.9. The molecule has 0 fully saturated rings. The van der Waals surface area contributed by atoms with Crippen molar-refractivity contribution in [1.82, 2.24) is 5.32 Å². The Hall–Kier alpha value is -1.57. The lowest BCUT2D eigenvalue weighted by Crippen LogP contribution is -2.33. The first-order valence-electron chi connectivity index (χ1n) is 6.36. The standard InChI is InChI=1S/C15H21NO2Si/c1-12(15(17)18)16-11-14-7-5-13(6-8-14)9-10-19(2,3)4/h5-8,12,16H,11H2,1-4H3,(H,17,18)/t12-/m1/s1. The highest BCUT2D eigenvalue weighted by molar-refractivity contribution is 6.83. The number of nitrogens with one attached hydrogen (secondary N) is 1. The van der Waals surface area contributed by atoms with E-state index in [1.54, 1.807) is 6.92 Å². The molecule has 0 spiro atoms. The second kappa shape index (κ2) is 6.55. The Bertz CT molecular complexity index is 492. The van der Waals surface area contributed by atoms with E-state index in [9.17, 15) is 4.79 Å². The molecular weight excluding hydrogens is 254 g/mol. The van der Waals surface area contributed by atoms with E-state index in [0.717, 1.165) is 11.1 Å². The molecule has 3 nitrogen and oxygen atoms in total. The van der Waals surface area contributed by atoms with Crippen molar-refractivity contribution < 1.29 is 9.90 Å². The second-order valence-electron chi connectivity index (χ2n) is 5.64. The molecule has 1 rings (SSSR count). The zero-order chi connectivity index (χ0) is 14.5. The number of hydrogen-bond acceptors (Lipinski definition) is 2. The number of aliphatic carboxylic acids is 1. The van der Waals surface area contributed by atoms with Crippen molar-refractivity contribution in [2.24, 2.45) is 0 Å². The lowest BCUT2D eigenvalue weighted by atomic mass is 10.1. The van der Waals surface area contributed by atoms with Gasteiger partial charge in [0, 0.05) is 12.1 Å². The van der Waals surface area contributed by atoms with Gasteiger partial charge in [-0.25, -0.2) is 0 Å². The molecule has 0 bridgehead atoms. The number of carboxylic acid groups (broad SMARTS) is 1. The molecule has 0 unspecified atom stereocenters. The van der Waals surface area contributed by atoms with Gasteiger partial charge in [0.25, 0.3) is 0 Å². The van der Waals surface area contributed by atoms with Crippen LogP contribution in [0.1, 0.15) is 18.1 Å². The molecule has 0 saturated carbocycles. The van der Waals surface area contributed by atoms with E-state index in [0.29, 0.717) is 6.54 Å². The van der Waals surface area contributed by atoms with Gasteiger partial charge in [0.15, 0.2) is 0 Å². The zero-order valence-electron chi connectivity index (χ0n) is 11.9. The molecule has 0 heterocycles. The van der Waals surface area contributed by atoms with Gasteiger partial charge in [-0.3, -0.25) is 4.79 Å². The van der Waals surface area contributed by atoms with Gasteiger partial charge in [0.05, 0.1) is 0 Å². The fourth-order valence-corrected chi connectivity index (χ4v) is 1.84. The van der Waals surface area contributed by atoms with Crippen molar-refractivity contribution in [2.75, 3.05) is 0 Å². The van der Waals surface area contributed by atoms with Crippen LogP contribution in [-0.4, -0.2) is 25.2 Å². The van der Waals surface area contributed by atoms with Crippen LogP contribution < -0.4 is 5.32 Å². The van der Waals surface area contributed by atoms with E-state index in [4.69, 9.17) is 5.11 Å². The lowest BCUT2D eigenvalue weighted by Gasteiger charge is -2.09. The maximum absolute atomic E-state index is 10.7. The Labute approximate surface area is 116 Å². The molecule has 0 aliphatic rings. The first kappa shape index (κ1) is 15.5. The molecule has 0 aliphatic heterocycles. The maximum Gasteiger partial charge on any atom is 0.320 e. The Kier molecular flexibility index (Phi) is 5.34. The molecule has 1 aromatic carbocycles. The lowest BCUT2D eigenvalue weighted by molar-refractivity contribution is -0.139. The fraction of sp³-hybridized carbons (Fsp3) is 0.400. The topological polar surface area (TPSA) is 49.3 Å². The van der Waals surface area contributed by atoms with E-state index in [-0.39, 0.29) is 0 Å². The number of carbonyl (C=O) groups is 1. The average Bonchev–Trinajstić information content (AvgIpc) is 2.33. The minimum atomic E-state index is -1.34. The summed E-state index contributed by atoms with van der Waals surface area (Å²) in [6, 6.07) is 7.39. The monoisotopic (exact) mass is 275 g/mol. The number of benzene rings is 1. The molecular formula is C15H21NO2Si. The summed E-state index contributed by atoms with van der Waals surface area (Å²) in [7, 11) is -1.34. The Morgan fingerprint density at radius 2 is 1.89 bits per heavy atom. The summed E-state index contributed by atoms with van der Waals surface area (Å²) in [4.78, 5) is 10.7. The van der Waals surface area contributed by atoms with Crippen LogP contribution in [0.2, 0.25) is 19.6 Å². The molecule has 0 saturated heterocycles. The molecule has 0 radical (unpaired) electrons. The van der Waals surface area contributed by atoms with E-state index in [2.05, 4.69) is 36.4 Å². The fourth-order valence-electron chi connectivity index (χ4n) is 1.32. The Morgan fingerprint density at radius 3 is 2.37 bits per heavy atom. The van der Waals surface area contributed by atoms with E-state index >= 15 is 0 Å². The summed E-state index contributed by atoms with van der Waals surface area (Å²) in [6.07, 6.45) is 0. The van der Waals surface area contributed by atoms with Gasteiger partial charge in [-0.15, -0.1) is 5.54 Å². The van der Waals surface area contributed by atoms with E-state index in [1.165, 1.54) is 0 Å². The van der Waals surface area contributed by atoms with Crippen LogP contribution in [0.15, 0.2) is 24.3 Å². The SMILES string of the molecule is C[C@@H](NCc1ccc(C#C[Si](C)(C)C)cc1)C(=O)O. The van der Waals surface area contributed by atoms with Crippen molar-refractivity contribution in [3.63, 3.8) is 0 Å². The Balaban J connectivity index is 2.61. The third kappa shape index (κ3) is 6.23. The van der Waals surface area contributed by atoms with E-state index in [1.807, 2.05) is 24.3 Å². The van der Waals surface area contributed by atoms with Gasteiger partial charge in [0.2, 0.25) is 0 Å². The number of rotatable bonds is 4. The van der Waals surface area contributed by atoms with Crippen molar-refractivity contribution in [2.45, 2.75) is 39.2 Å². The summed E-state index contributed by atoms with van der Waals surface area (Å²) in [5, 5.41) is 11.7. The molecule has 19 heavy (non-hydrogen) atoms. The van der Waals surface area contributed by atoms with Crippen molar-refractivity contribution >= 4 is 14.0 Å². The minimum Gasteiger partial charge on any atom is -0.480 e. The maximum atomic E-state index is 10.7. The summed E-state index contributed by atoms with van der Waals surface area (Å²) in [6.45, 7) is 8.83. The van der Waals surface area contributed by atoms with Crippen molar-refractivity contribution in [3.8, 4) is 11.5 Å². The van der Waals surface area contributed by atoms with Gasteiger partial charge in [-0.2, -0.15) is 0 Å². The van der Waals surface area contributed by atoms with Gasteiger partial charge in [0.1, 0.15) is 14.1 Å². The van der Waals surface area contributed by atoms with Crippen LogP contribution in [0.5, 0.6) is 0 Å². The molecule has 1 aromatic rings. The number of carboxylic acids is 1. The Morgan fingerprint density at radius 1 is 1.32 bits per heavy atom. The minimum absolute atomic E-state index is 0.536. The summed E-state index contributed by atoms with van der Waals surface area (Å²) in [5.41, 5.74) is 5.39. The third-order valence-electron chi connectivity index (χ3n) is 2.52. The highest BCUT2D eigenvalue weighted by Crippen LogP contribution is 2.05. The summed E-state index contributed by atoms with van der Waals surface area (Å²) in [5.74, 6) is 2.36. The van der Waals surface area contributed by atoms with Crippen LogP contribution in [0, 0.1) is 11.5 Å². The van der Waals surface area contributed by atoms with Crippen LogP contribution in [0.4, 0.5) is 0 Å². The van der Waals surface area contributed by atoms with Crippen LogP contribution in [0.3, 0.4) is 0 Å². The smallest absolute Gasteiger partial charge is 0.320 e. The normalized spacial score (nSPS) is 12.4. The summed E-state index contributed by atoms with van der Waals surface area (Å²) >= 11 is 0. The molecule has 102 valence electrons. The van der Waals surface area contributed by atoms with Crippen LogP contribution in [0.25, 0.3) is 0 Å². The predicted octanol–water partition coefficient (Wildman–Crippen LogP) is 2.48. The molecule has 1 atom stereocenters. The number of hydrogen-bond donors (Lipinski definition) is 2. The average molecular weight is 275 g/mol. The highest BCUT2D eigenvalue weighted by atomic mass is 28.3. The molecule has 4 heteroatoms. The van der Waals surface area contributed by atoms with Gasteiger partial charge < -0.3 is 10.4 Å². The van der Waals surface area contributed by atoms with Crippen molar-refractivity contribution in [3.05, 3.63) is 35.4 Å². The van der Waals surface area contributed by atoms with Crippen molar-refractivity contribution in [1.29, 1.82) is 0 Å². The summed E-state index contributed by atoms with van der Waals surface area (Å²) < 4.78 is 0. The highest BCUT2D eigenvalue weighted by Gasteiger charge is 2.09. The van der Waals surface area contributed by atoms with Gasteiger partial charge in [-0.1, -0.05) is 37.7 Å². The predicted molar refractivity (Wildman–Crippen MR) is 80.6 cm³/mol. The molecule has 2 N–H and O–H groups in total.